The fourth-order valence-electron chi connectivity index (χ4n) is 6.58. The van der Waals surface area contributed by atoms with Gasteiger partial charge in [0.1, 0.15) is 5.75 Å². The lowest BCUT2D eigenvalue weighted by Crippen LogP contribution is -2.58. The van der Waals surface area contributed by atoms with Gasteiger partial charge in [-0.2, -0.15) is 17.9 Å². The number of benzene rings is 3. The van der Waals surface area contributed by atoms with Crippen LogP contribution >= 0.6 is 0 Å². The minimum absolute atomic E-state index is 0.122. The lowest BCUT2D eigenvalue weighted by Gasteiger charge is -2.47. The molecule has 2 aliphatic heterocycles. The van der Waals surface area contributed by atoms with Gasteiger partial charge >= 0.3 is 6.18 Å². The van der Waals surface area contributed by atoms with Crippen molar-refractivity contribution in [1.82, 2.24) is 30.0 Å². The van der Waals surface area contributed by atoms with Crippen molar-refractivity contribution in [2.24, 2.45) is 0 Å². The van der Waals surface area contributed by atoms with Crippen LogP contribution in [0.4, 0.5) is 13.2 Å². The summed E-state index contributed by atoms with van der Waals surface area (Å²) in [6.07, 6.45) is -3.63. The molecule has 0 amide bonds. The van der Waals surface area contributed by atoms with Gasteiger partial charge in [0.15, 0.2) is 0 Å². The van der Waals surface area contributed by atoms with Gasteiger partial charge in [0.2, 0.25) is 0 Å². The highest BCUT2D eigenvalue weighted by Gasteiger charge is 2.45. The Morgan fingerprint density at radius 2 is 1.60 bits per heavy atom. The maximum absolute atomic E-state index is 13.6. The van der Waals surface area contributed by atoms with Gasteiger partial charge in [-0.15, -0.1) is 5.10 Å². The SMILES string of the molecule is COc1ccc(-n2nnnc2C(F)(F)F)cc1CN1C[C@@H]2C[C@@H](OC)CN2[C@H](C(c2ccccc2)c2ccccc2)C1. The van der Waals surface area contributed by atoms with Crippen LogP contribution in [-0.4, -0.2) is 82.0 Å². The standard InChI is InChI=1S/C31H33F3N6O2/c1-41-26-16-25-18-38(17-23-15-24(13-14-28(23)42-2)40-30(31(32,33)34)35-36-37-40)20-27(39(25)19-26)29(21-9-5-3-6-10-21)22-11-7-4-8-12-22/h3-15,25-27,29H,16-20H2,1-2H3/t25-,26+,27-/m0/s1. The normalized spacial score (nSPS) is 21.5. The summed E-state index contributed by atoms with van der Waals surface area (Å²) < 4.78 is 52.9. The molecule has 0 unspecified atom stereocenters. The van der Waals surface area contributed by atoms with E-state index in [2.05, 4.69) is 73.9 Å². The molecule has 6 rings (SSSR count). The lowest BCUT2D eigenvalue weighted by molar-refractivity contribution is -0.146. The number of piperazine rings is 1. The molecule has 2 saturated heterocycles. The molecule has 0 spiro atoms. The van der Waals surface area contributed by atoms with Crippen molar-refractivity contribution in [3.63, 3.8) is 0 Å². The number of hydrogen-bond acceptors (Lipinski definition) is 7. The monoisotopic (exact) mass is 578 g/mol. The van der Waals surface area contributed by atoms with Gasteiger partial charge in [-0.1, -0.05) is 60.7 Å². The molecular formula is C31H33F3N6O2. The summed E-state index contributed by atoms with van der Waals surface area (Å²) in [7, 11) is 3.34. The number of aromatic nitrogens is 4. The molecule has 3 heterocycles. The Balaban J connectivity index is 1.36. The van der Waals surface area contributed by atoms with Gasteiger partial charge in [0.05, 0.1) is 18.9 Å². The Bertz CT molecular complexity index is 1440. The molecule has 11 heteroatoms. The number of ether oxygens (including phenoxy) is 2. The Hall–Kier alpha value is -3.80. The second-order valence-corrected chi connectivity index (χ2v) is 10.9. The summed E-state index contributed by atoms with van der Waals surface area (Å²) in [5.74, 6) is -0.447. The molecule has 0 aliphatic carbocycles. The number of halogens is 3. The largest absolute Gasteiger partial charge is 0.496 e. The number of alkyl halides is 3. The van der Waals surface area contributed by atoms with Gasteiger partial charge in [-0.25, -0.2) is 0 Å². The minimum Gasteiger partial charge on any atom is -0.496 e. The summed E-state index contributed by atoms with van der Waals surface area (Å²) in [4.78, 5) is 4.98. The molecule has 1 aromatic heterocycles. The Morgan fingerprint density at radius 1 is 0.905 bits per heavy atom. The molecule has 42 heavy (non-hydrogen) atoms. The number of nitrogens with zero attached hydrogens (tertiary/aromatic N) is 6. The molecule has 3 aromatic carbocycles. The van der Waals surface area contributed by atoms with E-state index in [1.807, 2.05) is 12.1 Å². The maximum atomic E-state index is 13.6. The molecule has 0 saturated carbocycles. The third kappa shape index (κ3) is 5.64. The third-order valence-electron chi connectivity index (χ3n) is 8.42. The van der Waals surface area contributed by atoms with Crippen LogP contribution in [0.5, 0.6) is 5.75 Å². The fraction of sp³-hybridized carbons (Fsp3) is 0.387. The number of tetrazole rings is 1. The number of hydrogen-bond donors (Lipinski definition) is 0. The van der Waals surface area contributed by atoms with E-state index in [0.29, 0.717) is 12.3 Å². The second-order valence-electron chi connectivity index (χ2n) is 10.9. The average Bonchev–Trinajstić information content (AvgIpc) is 3.66. The van der Waals surface area contributed by atoms with Crippen LogP contribution < -0.4 is 4.74 Å². The Kier molecular flexibility index (Phi) is 7.98. The predicted octanol–water partition coefficient (Wildman–Crippen LogP) is 4.80. The fourth-order valence-corrected chi connectivity index (χ4v) is 6.58. The zero-order chi connectivity index (χ0) is 29.3. The van der Waals surface area contributed by atoms with Crippen molar-refractivity contribution in [2.75, 3.05) is 33.9 Å². The molecule has 0 bridgehead atoms. The van der Waals surface area contributed by atoms with Crippen molar-refractivity contribution in [2.45, 2.75) is 43.2 Å². The third-order valence-corrected chi connectivity index (χ3v) is 8.42. The van der Waals surface area contributed by atoms with Crippen molar-refractivity contribution < 1.29 is 22.6 Å². The summed E-state index contributed by atoms with van der Waals surface area (Å²) in [6, 6.07) is 26.5. The van der Waals surface area contributed by atoms with E-state index in [1.165, 1.54) is 17.2 Å². The van der Waals surface area contributed by atoms with Crippen LogP contribution in [0.1, 0.15) is 34.9 Å². The van der Waals surface area contributed by atoms with Crippen LogP contribution in [0.25, 0.3) is 5.69 Å². The first-order valence-corrected chi connectivity index (χ1v) is 14.0. The molecule has 3 atom stereocenters. The van der Waals surface area contributed by atoms with E-state index in [1.54, 1.807) is 26.4 Å². The van der Waals surface area contributed by atoms with Crippen LogP contribution in [0.3, 0.4) is 0 Å². The van der Waals surface area contributed by atoms with Crippen molar-refractivity contribution in [3.05, 3.63) is 101 Å². The van der Waals surface area contributed by atoms with Gasteiger partial charge in [0.25, 0.3) is 5.82 Å². The van der Waals surface area contributed by atoms with Crippen molar-refractivity contribution >= 4 is 0 Å². The number of rotatable bonds is 8. The molecular weight excluding hydrogens is 545 g/mol. The van der Waals surface area contributed by atoms with E-state index in [4.69, 9.17) is 9.47 Å². The minimum atomic E-state index is -4.68. The predicted molar refractivity (Wildman–Crippen MR) is 150 cm³/mol. The van der Waals surface area contributed by atoms with Crippen LogP contribution in [0.15, 0.2) is 78.9 Å². The quantitative estimate of drug-likeness (QED) is 0.298. The summed E-state index contributed by atoms with van der Waals surface area (Å²) in [5, 5.41) is 10.1. The molecule has 0 N–H and O–H groups in total. The first-order valence-electron chi connectivity index (χ1n) is 14.0. The zero-order valence-electron chi connectivity index (χ0n) is 23.5. The van der Waals surface area contributed by atoms with E-state index >= 15 is 0 Å². The highest BCUT2D eigenvalue weighted by molar-refractivity contribution is 5.44. The van der Waals surface area contributed by atoms with Gasteiger partial charge in [-0.3, -0.25) is 9.80 Å². The van der Waals surface area contributed by atoms with Crippen molar-refractivity contribution in [1.29, 1.82) is 0 Å². The molecule has 2 aliphatic rings. The van der Waals surface area contributed by atoms with Gasteiger partial charge in [-0.05, 0) is 46.2 Å². The summed E-state index contributed by atoms with van der Waals surface area (Å²) >= 11 is 0. The molecule has 4 aromatic rings. The second kappa shape index (κ2) is 11.8. The molecule has 220 valence electrons. The van der Waals surface area contributed by atoms with E-state index in [0.717, 1.165) is 36.3 Å². The van der Waals surface area contributed by atoms with E-state index < -0.39 is 12.0 Å². The van der Waals surface area contributed by atoms with Gasteiger partial charge in [0, 0.05) is 56.9 Å². The van der Waals surface area contributed by atoms with Gasteiger partial charge < -0.3 is 9.47 Å². The molecule has 8 nitrogen and oxygen atoms in total. The average molecular weight is 579 g/mol. The smallest absolute Gasteiger partial charge is 0.453 e. The van der Waals surface area contributed by atoms with Crippen LogP contribution in [-0.2, 0) is 17.5 Å². The van der Waals surface area contributed by atoms with E-state index in [-0.39, 0.29) is 29.8 Å². The van der Waals surface area contributed by atoms with E-state index in [9.17, 15) is 13.2 Å². The topological polar surface area (TPSA) is 68.5 Å². The lowest BCUT2D eigenvalue weighted by atomic mass is 9.82. The van der Waals surface area contributed by atoms with Crippen LogP contribution in [0, 0.1) is 0 Å². The number of fused-ring (bicyclic) bond motifs is 1. The Morgan fingerprint density at radius 3 is 2.21 bits per heavy atom. The van der Waals surface area contributed by atoms with Crippen molar-refractivity contribution in [3.8, 4) is 11.4 Å². The van der Waals surface area contributed by atoms with Crippen LogP contribution in [0.2, 0.25) is 0 Å². The first kappa shape index (κ1) is 28.3. The number of methoxy groups -OCH3 is 2. The maximum Gasteiger partial charge on any atom is 0.453 e. The zero-order valence-corrected chi connectivity index (χ0v) is 23.5. The highest BCUT2D eigenvalue weighted by Crippen LogP contribution is 2.39. The molecule has 0 radical (unpaired) electrons. The molecule has 2 fully saturated rings. The highest BCUT2D eigenvalue weighted by atomic mass is 19.4. The summed E-state index contributed by atoms with van der Waals surface area (Å²) in [5.41, 5.74) is 3.48. The first-order chi connectivity index (χ1) is 20.4. The Labute approximate surface area is 242 Å². The summed E-state index contributed by atoms with van der Waals surface area (Å²) in [6.45, 7) is 2.91.